The lowest BCUT2D eigenvalue weighted by Gasteiger charge is -2.30. The molecule has 0 aliphatic carbocycles. The number of hydrogen-bond donors (Lipinski definition) is 1. The van der Waals surface area contributed by atoms with Gasteiger partial charge in [0.15, 0.2) is 6.29 Å². The van der Waals surface area contributed by atoms with Crippen molar-refractivity contribution in [1.82, 2.24) is 0 Å². The first-order valence-corrected chi connectivity index (χ1v) is 4.97. The fourth-order valence-corrected chi connectivity index (χ4v) is 1.25. The van der Waals surface area contributed by atoms with E-state index in [2.05, 4.69) is 0 Å². The SMILES string of the molecule is COC(OC)C(C)(C)COC(=O)/C=C\C(=O)O. The second-order valence-corrected chi connectivity index (χ2v) is 4.07. The van der Waals surface area contributed by atoms with Gasteiger partial charge in [0.2, 0.25) is 0 Å². The van der Waals surface area contributed by atoms with Crippen LogP contribution in [0, 0.1) is 5.41 Å². The van der Waals surface area contributed by atoms with Crippen molar-refractivity contribution >= 4 is 11.9 Å². The van der Waals surface area contributed by atoms with Gasteiger partial charge in [-0.1, -0.05) is 13.8 Å². The summed E-state index contributed by atoms with van der Waals surface area (Å²) in [6, 6.07) is 0. The van der Waals surface area contributed by atoms with Crippen LogP contribution in [0.5, 0.6) is 0 Å². The van der Waals surface area contributed by atoms with Crippen molar-refractivity contribution in [3.8, 4) is 0 Å². The average Bonchev–Trinajstić information content (AvgIpc) is 2.25. The summed E-state index contributed by atoms with van der Waals surface area (Å²) in [5.74, 6) is -1.92. The zero-order chi connectivity index (χ0) is 13.5. The number of carboxylic acid groups (broad SMARTS) is 1. The van der Waals surface area contributed by atoms with E-state index in [0.717, 1.165) is 12.2 Å². The third kappa shape index (κ3) is 6.03. The first-order valence-electron chi connectivity index (χ1n) is 4.97. The highest BCUT2D eigenvalue weighted by molar-refractivity contribution is 5.90. The Morgan fingerprint density at radius 2 is 1.76 bits per heavy atom. The van der Waals surface area contributed by atoms with Gasteiger partial charge in [0.1, 0.15) is 6.61 Å². The van der Waals surface area contributed by atoms with Gasteiger partial charge in [-0.25, -0.2) is 9.59 Å². The van der Waals surface area contributed by atoms with Gasteiger partial charge in [0.05, 0.1) is 0 Å². The molecular weight excluding hydrogens is 228 g/mol. The number of carboxylic acids is 1. The van der Waals surface area contributed by atoms with Crippen LogP contribution in [0.3, 0.4) is 0 Å². The van der Waals surface area contributed by atoms with Gasteiger partial charge in [0, 0.05) is 31.8 Å². The summed E-state index contributed by atoms with van der Waals surface area (Å²) >= 11 is 0. The quantitative estimate of drug-likeness (QED) is 0.407. The lowest BCUT2D eigenvalue weighted by molar-refractivity contribution is -0.186. The minimum absolute atomic E-state index is 0.0577. The summed E-state index contributed by atoms with van der Waals surface area (Å²) in [5, 5.41) is 8.32. The zero-order valence-electron chi connectivity index (χ0n) is 10.4. The first-order chi connectivity index (χ1) is 7.83. The molecule has 0 atom stereocenters. The lowest BCUT2D eigenvalue weighted by atomic mass is 9.94. The minimum atomic E-state index is -1.20. The number of rotatable bonds is 7. The molecule has 17 heavy (non-hydrogen) atoms. The van der Waals surface area contributed by atoms with Gasteiger partial charge in [0.25, 0.3) is 0 Å². The maximum absolute atomic E-state index is 11.1. The van der Waals surface area contributed by atoms with Crippen molar-refractivity contribution in [2.24, 2.45) is 5.41 Å². The smallest absolute Gasteiger partial charge is 0.331 e. The normalized spacial score (nSPS) is 12.1. The van der Waals surface area contributed by atoms with E-state index >= 15 is 0 Å². The molecule has 0 saturated heterocycles. The lowest BCUT2D eigenvalue weighted by Crippen LogP contribution is -2.37. The van der Waals surface area contributed by atoms with Crippen molar-refractivity contribution in [2.75, 3.05) is 20.8 Å². The molecule has 0 saturated carbocycles. The Morgan fingerprint density at radius 3 is 2.18 bits per heavy atom. The van der Waals surface area contributed by atoms with Gasteiger partial charge >= 0.3 is 11.9 Å². The third-order valence-electron chi connectivity index (χ3n) is 2.01. The van der Waals surface area contributed by atoms with E-state index in [4.69, 9.17) is 19.3 Å². The predicted octanol–water partition coefficient (Wildman–Crippen LogP) is 0.815. The molecule has 0 unspecified atom stereocenters. The number of methoxy groups -OCH3 is 2. The predicted molar refractivity (Wildman–Crippen MR) is 59.3 cm³/mol. The van der Waals surface area contributed by atoms with E-state index in [9.17, 15) is 9.59 Å². The molecule has 0 aliphatic heterocycles. The number of hydrogen-bond acceptors (Lipinski definition) is 5. The van der Waals surface area contributed by atoms with Crippen LogP contribution in [0.4, 0.5) is 0 Å². The van der Waals surface area contributed by atoms with Gasteiger partial charge in [-0.2, -0.15) is 0 Å². The first kappa shape index (κ1) is 15.6. The van der Waals surface area contributed by atoms with E-state index in [1.807, 2.05) is 0 Å². The Bertz CT molecular complexity index is 290. The molecule has 0 amide bonds. The Hall–Kier alpha value is -1.40. The van der Waals surface area contributed by atoms with Crippen molar-refractivity contribution in [2.45, 2.75) is 20.1 Å². The molecule has 0 rings (SSSR count). The summed E-state index contributed by atoms with van der Waals surface area (Å²) < 4.78 is 15.0. The van der Waals surface area contributed by atoms with Crippen molar-refractivity contribution < 1.29 is 28.9 Å². The molecule has 0 aromatic carbocycles. The molecule has 0 bridgehead atoms. The van der Waals surface area contributed by atoms with Crippen LogP contribution in [0.1, 0.15) is 13.8 Å². The van der Waals surface area contributed by atoms with E-state index in [-0.39, 0.29) is 6.61 Å². The molecule has 1 N–H and O–H groups in total. The summed E-state index contributed by atoms with van der Waals surface area (Å²) in [6.45, 7) is 3.67. The number of carbonyl (C=O) groups excluding carboxylic acids is 1. The highest BCUT2D eigenvalue weighted by Gasteiger charge is 2.31. The molecule has 0 aromatic heterocycles. The van der Waals surface area contributed by atoms with Crippen molar-refractivity contribution in [3.63, 3.8) is 0 Å². The summed E-state index contributed by atoms with van der Waals surface area (Å²) in [5.41, 5.74) is -0.532. The topological polar surface area (TPSA) is 82.1 Å². The van der Waals surface area contributed by atoms with Crippen LogP contribution in [0.25, 0.3) is 0 Å². The van der Waals surface area contributed by atoms with E-state index in [0.29, 0.717) is 0 Å². The van der Waals surface area contributed by atoms with E-state index in [1.165, 1.54) is 14.2 Å². The van der Waals surface area contributed by atoms with Gasteiger partial charge in [-0.05, 0) is 0 Å². The molecule has 0 aliphatic rings. The molecule has 0 fully saturated rings. The van der Waals surface area contributed by atoms with E-state index < -0.39 is 23.6 Å². The molecule has 6 heteroatoms. The molecule has 0 heterocycles. The van der Waals surface area contributed by atoms with Crippen LogP contribution in [-0.2, 0) is 23.8 Å². The summed E-state index contributed by atoms with van der Waals surface area (Å²) in [7, 11) is 2.98. The fourth-order valence-electron chi connectivity index (χ4n) is 1.25. The molecular formula is C11H18O6. The average molecular weight is 246 g/mol. The van der Waals surface area contributed by atoms with Gasteiger partial charge in [-0.3, -0.25) is 0 Å². The van der Waals surface area contributed by atoms with Gasteiger partial charge in [-0.15, -0.1) is 0 Å². The number of esters is 1. The van der Waals surface area contributed by atoms with Crippen LogP contribution >= 0.6 is 0 Å². The number of carbonyl (C=O) groups is 2. The summed E-state index contributed by atoms with van der Waals surface area (Å²) in [4.78, 5) is 21.3. The maximum Gasteiger partial charge on any atom is 0.331 e. The Balaban J connectivity index is 4.26. The Labute approximate surface area is 100 Å². The summed E-state index contributed by atoms with van der Waals surface area (Å²) in [6.07, 6.45) is 1.06. The molecule has 98 valence electrons. The molecule has 0 radical (unpaired) electrons. The Morgan fingerprint density at radius 1 is 1.24 bits per heavy atom. The van der Waals surface area contributed by atoms with Crippen LogP contribution in [-0.4, -0.2) is 44.2 Å². The van der Waals surface area contributed by atoms with Crippen LogP contribution < -0.4 is 0 Å². The van der Waals surface area contributed by atoms with Crippen molar-refractivity contribution in [1.29, 1.82) is 0 Å². The minimum Gasteiger partial charge on any atom is -0.478 e. The Kier molecular flexibility index (Phi) is 6.45. The fraction of sp³-hybridized carbons (Fsp3) is 0.636. The largest absolute Gasteiger partial charge is 0.478 e. The highest BCUT2D eigenvalue weighted by atomic mass is 16.7. The number of aliphatic carboxylic acids is 1. The molecule has 0 aromatic rings. The second kappa shape index (κ2) is 7.03. The van der Waals surface area contributed by atoms with Crippen LogP contribution in [0.15, 0.2) is 12.2 Å². The third-order valence-corrected chi connectivity index (χ3v) is 2.01. The maximum atomic E-state index is 11.1. The zero-order valence-corrected chi connectivity index (χ0v) is 10.4. The van der Waals surface area contributed by atoms with Gasteiger partial charge < -0.3 is 19.3 Å². The number of ether oxygens (including phenoxy) is 3. The van der Waals surface area contributed by atoms with E-state index in [1.54, 1.807) is 13.8 Å². The highest BCUT2D eigenvalue weighted by Crippen LogP contribution is 2.23. The molecule has 6 nitrogen and oxygen atoms in total. The monoisotopic (exact) mass is 246 g/mol. The molecule has 0 spiro atoms. The van der Waals surface area contributed by atoms with Crippen LogP contribution in [0.2, 0.25) is 0 Å². The van der Waals surface area contributed by atoms with Crippen molar-refractivity contribution in [3.05, 3.63) is 12.2 Å². The second-order valence-electron chi connectivity index (χ2n) is 4.07. The standard InChI is InChI=1S/C11H18O6/c1-11(2,10(15-3)16-4)7-17-9(14)6-5-8(12)13/h5-6,10H,7H2,1-4H3,(H,12,13)/b6-5-.